The van der Waals surface area contributed by atoms with E-state index < -0.39 is 0 Å². The summed E-state index contributed by atoms with van der Waals surface area (Å²) >= 11 is 0. The highest BCUT2D eigenvalue weighted by molar-refractivity contribution is 6.07. The molecule has 2 N–H and O–H groups in total. The average molecular weight is 400 g/mol. The molecule has 6 heteroatoms. The molecule has 3 aromatic rings. The topological polar surface area (TPSA) is 78.1 Å². The highest BCUT2D eigenvalue weighted by Crippen LogP contribution is 2.41. The van der Waals surface area contributed by atoms with Crippen LogP contribution in [0.1, 0.15) is 42.2 Å². The number of nitrogens with zero attached hydrogens (tertiary/aromatic N) is 2. The van der Waals surface area contributed by atoms with E-state index in [1.165, 1.54) is 0 Å². The second kappa shape index (κ2) is 7.44. The Morgan fingerprint density at radius 1 is 1.20 bits per heavy atom. The molecule has 30 heavy (non-hydrogen) atoms. The van der Waals surface area contributed by atoms with Gasteiger partial charge in [0.1, 0.15) is 5.82 Å². The Bertz CT molecular complexity index is 1110. The summed E-state index contributed by atoms with van der Waals surface area (Å²) in [4.78, 5) is 34.1. The standard InChI is InChI=1S/C24H24N4O2/c1-15-12-19(15)28(14-29)21-13-16(10-11-25-21)23-24(26-17-6-3-2-4-7-17)22-18(27-23)8-5-9-20(22)30/h2-4,6-7,10-11,13-15,19,26-27H,5,8-9,12H2,1H3. The Balaban J connectivity index is 1.60. The predicted molar refractivity (Wildman–Crippen MR) is 117 cm³/mol. The summed E-state index contributed by atoms with van der Waals surface area (Å²) < 4.78 is 0. The maximum atomic E-state index is 12.8. The van der Waals surface area contributed by atoms with Crippen LogP contribution in [0.25, 0.3) is 11.3 Å². The summed E-state index contributed by atoms with van der Waals surface area (Å²) in [5.41, 5.74) is 5.21. The highest BCUT2D eigenvalue weighted by Gasteiger charge is 2.39. The second-order valence-electron chi connectivity index (χ2n) is 8.19. The smallest absolute Gasteiger partial charge is 0.215 e. The van der Waals surface area contributed by atoms with Crippen LogP contribution in [0.3, 0.4) is 0 Å². The number of aryl methyl sites for hydroxylation is 1. The second-order valence-corrected chi connectivity index (χ2v) is 8.19. The summed E-state index contributed by atoms with van der Waals surface area (Å²) in [7, 11) is 0. The molecule has 0 radical (unpaired) electrons. The first kappa shape index (κ1) is 18.6. The molecule has 0 bridgehead atoms. The number of hydrogen-bond donors (Lipinski definition) is 2. The lowest BCUT2D eigenvalue weighted by Crippen LogP contribution is -2.25. The lowest BCUT2D eigenvalue weighted by Gasteiger charge is -2.17. The minimum absolute atomic E-state index is 0.160. The molecule has 1 aromatic carbocycles. The Morgan fingerprint density at radius 3 is 2.73 bits per heavy atom. The Hall–Kier alpha value is -3.41. The summed E-state index contributed by atoms with van der Waals surface area (Å²) in [5.74, 6) is 1.29. The summed E-state index contributed by atoms with van der Waals surface area (Å²) in [6, 6.07) is 13.9. The van der Waals surface area contributed by atoms with Crippen LogP contribution in [0.2, 0.25) is 0 Å². The van der Waals surface area contributed by atoms with Crippen LogP contribution in [-0.2, 0) is 11.2 Å². The predicted octanol–water partition coefficient (Wildman–Crippen LogP) is 4.71. The van der Waals surface area contributed by atoms with Crippen molar-refractivity contribution in [1.82, 2.24) is 9.97 Å². The fourth-order valence-electron chi connectivity index (χ4n) is 4.31. The van der Waals surface area contributed by atoms with Crippen molar-refractivity contribution < 1.29 is 9.59 Å². The molecule has 0 spiro atoms. The number of anilines is 3. The van der Waals surface area contributed by atoms with Crippen LogP contribution in [0.4, 0.5) is 17.2 Å². The van der Waals surface area contributed by atoms with Crippen LogP contribution >= 0.6 is 0 Å². The number of fused-ring (bicyclic) bond motifs is 1. The first-order chi connectivity index (χ1) is 14.7. The van der Waals surface area contributed by atoms with Crippen molar-refractivity contribution in [2.24, 2.45) is 5.92 Å². The zero-order valence-electron chi connectivity index (χ0n) is 16.9. The van der Waals surface area contributed by atoms with E-state index in [0.29, 0.717) is 18.2 Å². The molecule has 2 aliphatic rings. The van der Waals surface area contributed by atoms with Gasteiger partial charge in [-0.15, -0.1) is 0 Å². The lowest BCUT2D eigenvalue weighted by molar-refractivity contribution is -0.107. The molecular formula is C24H24N4O2. The van der Waals surface area contributed by atoms with Gasteiger partial charge < -0.3 is 10.3 Å². The molecular weight excluding hydrogens is 376 g/mol. The van der Waals surface area contributed by atoms with Gasteiger partial charge in [-0.3, -0.25) is 14.5 Å². The molecule has 1 amide bonds. The fraction of sp³-hybridized carbons (Fsp3) is 0.292. The number of benzene rings is 1. The Labute approximate surface area is 175 Å². The number of nitrogens with one attached hydrogen (secondary N) is 2. The van der Waals surface area contributed by atoms with E-state index in [-0.39, 0.29) is 11.8 Å². The number of rotatable bonds is 6. The van der Waals surface area contributed by atoms with Crippen LogP contribution in [0, 0.1) is 5.92 Å². The van der Waals surface area contributed by atoms with E-state index in [0.717, 1.165) is 59.6 Å². The van der Waals surface area contributed by atoms with Gasteiger partial charge in [0.2, 0.25) is 6.41 Å². The normalized spacial score (nSPS) is 19.8. The van der Waals surface area contributed by atoms with Gasteiger partial charge in [0.25, 0.3) is 0 Å². The van der Waals surface area contributed by atoms with Crippen molar-refractivity contribution in [2.75, 3.05) is 10.2 Å². The molecule has 2 heterocycles. The first-order valence-corrected chi connectivity index (χ1v) is 10.5. The lowest BCUT2D eigenvalue weighted by atomic mass is 9.95. The van der Waals surface area contributed by atoms with Gasteiger partial charge in [-0.2, -0.15) is 0 Å². The van der Waals surface area contributed by atoms with E-state index in [2.05, 4.69) is 22.2 Å². The van der Waals surface area contributed by atoms with Gasteiger partial charge in [0.15, 0.2) is 5.78 Å². The van der Waals surface area contributed by atoms with E-state index in [1.807, 2.05) is 42.5 Å². The molecule has 1 fully saturated rings. The number of H-pyrrole nitrogens is 1. The van der Waals surface area contributed by atoms with Crippen LogP contribution in [0.5, 0.6) is 0 Å². The number of carbonyl (C=O) groups is 2. The number of carbonyl (C=O) groups excluding carboxylic acids is 2. The van der Waals surface area contributed by atoms with Gasteiger partial charge >= 0.3 is 0 Å². The molecule has 0 saturated heterocycles. The average Bonchev–Trinajstić information content (AvgIpc) is 3.36. The van der Waals surface area contributed by atoms with Crippen molar-refractivity contribution >= 4 is 29.4 Å². The van der Waals surface area contributed by atoms with E-state index in [1.54, 1.807) is 11.1 Å². The van der Waals surface area contributed by atoms with Crippen LogP contribution in [0.15, 0.2) is 48.7 Å². The molecule has 0 aliphatic heterocycles. The van der Waals surface area contributed by atoms with Crippen molar-refractivity contribution in [1.29, 1.82) is 0 Å². The summed E-state index contributed by atoms with van der Waals surface area (Å²) in [6.45, 7) is 2.14. The van der Waals surface area contributed by atoms with Crippen molar-refractivity contribution in [3.05, 3.63) is 59.9 Å². The molecule has 6 nitrogen and oxygen atoms in total. The number of hydrogen-bond acceptors (Lipinski definition) is 4. The van der Waals surface area contributed by atoms with Crippen molar-refractivity contribution in [3.63, 3.8) is 0 Å². The van der Waals surface area contributed by atoms with Crippen LogP contribution in [-0.4, -0.2) is 28.2 Å². The monoisotopic (exact) mass is 400 g/mol. The maximum absolute atomic E-state index is 12.8. The van der Waals surface area contributed by atoms with Gasteiger partial charge in [-0.05, 0) is 49.4 Å². The number of Topliss-reactive ketones (excluding diaryl/α,β-unsaturated/α-hetero) is 1. The molecule has 152 valence electrons. The maximum Gasteiger partial charge on any atom is 0.215 e. The van der Waals surface area contributed by atoms with Gasteiger partial charge in [-0.25, -0.2) is 4.98 Å². The molecule has 2 atom stereocenters. The minimum atomic E-state index is 0.160. The number of para-hydroxylation sites is 1. The number of aromatic nitrogens is 2. The fourth-order valence-corrected chi connectivity index (χ4v) is 4.31. The van der Waals surface area contributed by atoms with E-state index in [9.17, 15) is 9.59 Å². The number of aromatic amines is 1. The molecule has 2 aliphatic carbocycles. The first-order valence-electron chi connectivity index (χ1n) is 10.5. The van der Waals surface area contributed by atoms with Crippen molar-refractivity contribution in [2.45, 2.75) is 38.6 Å². The molecule has 2 unspecified atom stereocenters. The van der Waals surface area contributed by atoms with Crippen LogP contribution < -0.4 is 10.2 Å². The zero-order valence-corrected chi connectivity index (χ0v) is 16.9. The van der Waals surface area contributed by atoms with Gasteiger partial charge in [-0.1, -0.05) is 25.1 Å². The quantitative estimate of drug-likeness (QED) is 0.588. The minimum Gasteiger partial charge on any atom is -0.356 e. The third-order valence-corrected chi connectivity index (χ3v) is 6.07. The Kier molecular flexibility index (Phi) is 4.62. The van der Waals surface area contributed by atoms with E-state index >= 15 is 0 Å². The third-order valence-electron chi connectivity index (χ3n) is 6.07. The molecule has 1 saturated carbocycles. The number of ketones is 1. The molecule has 5 rings (SSSR count). The summed E-state index contributed by atoms with van der Waals surface area (Å²) in [5, 5.41) is 3.46. The largest absolute Gasteiger partial charge is 0.356 e. The summed E-state index contributed by atoms with van der Waals surface area (Å²) in [6.07, 6.45) is 5.86. The third kappa shape index (κ3) is 3.28. The number of pyridine rings is 1. The van der Waals surface area contributed by atoms with Gasteiger partial charge in [0, 0.05) is 35.6 Å². The van der Waals surface area contributed by atoms with Gasteiger partial charge in [0.05, 0.1) is 16.9 Å². The molecule has 2 aromatic heterocycles. The van der Waals surface area contributed by atoms with E-state index in [4.69, 9.17) is 0 Å². The SMILES string of the molecule is CC1CC1N(C=O)c1cc(-c2[nH]c3c(c2Nc2ccccc2)C(=O)CCC3)ccn1. The van der Waals surface area contributed by atoms with Crippen molar-refractivity contribution in [3.8, 4) is 11.3 Å². The Morgan fingerprint density at radius 2 is 2.00 bits per heavy atom. The highest BCUT2D eigenvalue weighted by atomic mass is 16.1. The zero-order chi connectivity index (χ0) is 20.7. The number of amides is 1.